The number of carbonyl (C=O) groups excluding carboxylic acids is 2. The van der Waals surface area contributed by atoms with Gasteiger partial charge in [-0.15, -0.1) is 0 Å². The van der Waals surface area contributed by atoms with E-state index in [1.54, 1.807) is 23.1 Å². The zero-order valence-corrected chi connectivity index (χ0v) is 18.2. The van der Waals surface area contributed by atoms with Crippen molar-refractivity contribution < 1.29 is 27.9 Å². The zero-order valence-electron chi connectivity index (χ0n) is 17.4. The van der Waals surface area contributed by atoms with Crippen molar-refractivity contribution in [1.29, 1.82) is 0 Å². The second-order valence-electron chi connectivity index (χ2n) is 7.01. The summed E-state index contributed by atoms with van der Waals surface area (Å²) in [5.74, 6) is -0.411. The van der Waals surface area contributed by atoms with Crippen LogP contribution in [0.4, 0.5) is 10.5 Å². The molecule has 1 aliphatic heterocycles. The Hall–Kier alpha value is -3.27. The Bertz CT molecular complexity index is 1080. The highest BCUT2D eigenvalue weighted by molar-refractivity contribution is 7.92. The maximum atomic E-state index is 12.3. The fourth-order valence-corrected chi connectivity index (χ4v) is 4.49. The molecular weight excluding hydrogens is 422 g/mol. The summed E-state index contributed by atoms with van der Waals surface area (Å²) in [5.41, 5.74) is 1.64. The number of anilines is 1. The molecule has 2 aromatic carbocycles. The fourth-order valence-electron chi connectivity index (χ4n) is 3.33. The van der Waals surface area contributed by atoms with Crippen LogP contribution in [0.25, 0.3) is 0 Å². The zero-order chi connectivity index (χ0) is 22.6. The summed E-state index contributed by atoms with van der Waals surface area (Å²) in [6, 6.07) is 11.9. The summed E-state index contributed by atoms with van der Waals surface area (Å²) in [6.07, 6.45) is 0.662. The number of nitrogens with one attached hydrogen (secondary N) is 1. The van der Waals surface area contributed by atoms with Gasteiger partial charge in [0.1, 0.15) is 18.0 Å². The SMILES string of the molecule is CCN(CC)C(=O)Oc1ccccc1CCc1ccc(N2CC(=O)NS2(=O)=O)c(O)c1. The molecule has 3 rings (SSSR count). The number of aromatic hydroxyl groups is 1. The van der Waals surface area contributed by atoms with Gasteiger partial charge in [0.15, 0.2) is 0 Å². The van der Waals surface area contributed by atoms with Crippen LogP contribution in [0, 0.1) is 0 Å². The molecule has 0 aromatic heterocycles. The molecule has 2 amide bonds. The van der Waals surface area contributed by atoms with Gasteiger partial charge in [0, 0.05) is 13.1 Å². The molecular formula is C21H25N3O6S. The number of phenols is 1. The Morgan fingerprint density at radius 2 is 1.87 bits per heavy atom. The number of rotatable bonds is 7. The molecule has 1 saturated heterocycles. The first-order chi connectivity index (χ1) is 14.7. The molecule has 2 aromatic rings. The summed E-state index contributed by atoms with van der Waals surface area (Å²) in [4.78, 5) is 25.3. The number of hydrogen-bond acceptors (Lipinski definition) is 6. The first-order valence-corrected chi connectivity index (χ1v) is 11.4. The molecule has 1 heterocycles. The minimum Gasteiger partial charge on any atom is -0.506 e. The lowest BCUT2D eigenvalue weighted by atomic mass is 10.0. The number of phenolic OH excluding ortho intramolecular Hbond substituents is 1. The van der Waals surface area contributed by atoms with Gasteiger partial charge in [-0.2, -0.15) is 8.42 Å². The molecule has 9 nitrogen and oxygen atoms in total. The Kier molecular flexibility index (Phi) is 6.69. The van der Waals surface area contributed by atoms with E-state index < -0.39 is 22.2 Å². The molecule has 0 atom stereocenters. The van der Waals surface area contributed by atoms with Crippen molar-refractivity contribution in [1.82, 2.24) is 9.62 Å². The van der Waals surface area contributed by atoms with E-state index in [-0.39, 0.29) is 18.0 Å². The van der Waals surface area contributed by atoms with E-state index >= 15 is 0 Å². The number of carbonyl (C=O) groups is 2. The summed E-state index contributed by atoms with van der Waals surface area (Å²) < 4.78 is 32.2. The topological polar surface area (TPSA) is 116 Å². The number of nitrogens with zero attached hydrogens (tertiary/aromatic N) is 2. The van der Waals surface area contributed by atoms with E-state index in [2.05, 4.69) is 0 Å². The standard InChI is InChI=1S/C21H25N3O6S/c1-3-23(4-2)21(27)30-19-8-6-5-7-16(19)11-9-15-10-12-17(18(25)13-15)24-14-20(26)22-31(24,28)29/h5-8,10,12-13,25H,3-4,9,11,14H2,1-2H3,(H,22,26). The monoisotopic (exact) mass is 447 g/mol. The lowest BCUT2D eigenvalue weighted by molar-refractivity contribution is -0.117. The molecule has 0 radical (unpaired) electrons. The lowest BCUT2D eigenvalue weighted by Crippen LogP contribution is -2.33. The molecule has 2 N–H and O–H groups in total. The third-order valence-electron chi connectivity index (χ3n) is 5.00. The number of ether oxygens (including phenoxy) is 1. The molecule has 0 spiro atoms. The number of para-hydroxylation sites is 1. The summed E-state index contributed by atoms with van der Waals surface area (Å²) >= 11 is 0. The van der Waals surface area contributed by atoms with E-state index in [0.717, 1.165) is 15.4 Å². The molecule has 1 fully saturated rings. The molecule has 0 bridgehead atoms. The number of hydrogen-bond donors (Lipinski definition) is 2. The van der Waals surface area contributed by atoms with Crippen LogP contribution in [0.3, 0.4) is 0 Å². The van der Waals surface area contributed by atoms with Crippen molar-refractivity contribution in [2.45, 2.75) is 26.7 Å². The lowest BCUT2D eigenvalue weighted by Gasteiger charge is -2.19. The van der Waals surface area contributed by atoms with E-state index in [1.807, 2.05) is 30.7 Å². The van der Waals surface area contributed by atoms with Crippen LogP contribution in [0.2, 0.25) is 0 Å². The van der Waals surface area contributed by atoms with Crippen LogP contribution in [-0.2, 0) is 27.8 Å². The van der Waals surface area contributed by atoms with E-state index in [4.69, 9.17) is 4.74 Å². The van der Waals surface area contributed by atoms with E-state index in [1.165, 1.54) is 12.1 Å². The van der Waals surface area contributed by atoms with Crippen LogP contribution >= 0.6 is 0 Å². The first kappa shape index (κ1) is 22.4. The summed E-state index contributed by atoms with van der Waals surface area (Å²) in [7, 11) is -3.99. The Balaban J connectivity index is 1.72. The smallest absolute Gasteiger partial charge is 0.415 e. The van der Waals surface area contributed by atoms with Gasteiger partial charge in [-0.3, -0.25) is 4.79 Å². The minimum absolute atomic E-state index is 0.0376. The highest BCUT2D eigenvalue weighted by Gasteiger charge is 2.35. The number of amides is 2. The molecule has 1 aliphatic rings. The highest BCUT2D eigenvalue weighted by Crippen LogP contribution is 2.32. The molecule has 0 aliphatic carbocycles. The van der Waals surface area contributed by atoms with Gasteiger partial charge in [0.05, 0.1) is 5.69 Å². The third kappa shape index (κ3) is 5.08. The average molecular weight is 448 g/mol. The van der Waals surface area contributed by atoms with Crippen LogP contribution in [0.1, 0.15) is 25.0 Å². The van der Waals surface area contributed by atoms with Gasteiger partial charge in [-0.1, -0.05) is 24.3 Å². The summed E-state index contributed by atoms with van der Waals surface area (Å²) in [5, 5.41) is 10.3. The molecule has 31 heavy (non-hydrogen) atoms. The van der Waals surface area contributed by atoms with Gasteiger partial charge in [0.2, 0.25) is 0 Å². The minimum atomic E-state index is -3.99. The van der Waals surface area contributed by atoms with Gasteiger partial charge < -0.3 is 14.7 Å². The van der Waals surface area contributed by atoms with Gasteiger partial charge >= 0.3 is 16.3 Å². The third-order valence-corrected chi connectivity index (χ3v) is 6.39. The van der Waals surface area contributed by atoms with Crippen LogP contribution in [0.15, 0.2) is 42.5 Å². The summed E-state index contributed by atoms with van der Waals surface area (Å²) in [6.45, 7) is 4.49. The Morgan fingerprint density at radius 3 is 2.48 bits per heavy atom. The Labute approximate surface area is 181 Å². The Morgan fingerprint density at radius 1 is 1.16 bits per heavy atom. The number of aryl methyl sites for hydroxylation is 2. The maximum absolute atomic E-state index is 12.3. The molecule has 0 saturated carbocycles. The predicted octanol–water partition coefficient (Wildman–Crippen LogP) is 2.20. The second kappa shape index (κ2) is 9.25. The molecule has 10 heteroatoms. The maximum Gasteiger partial charge on any atom is 0.415 e. The van der Waals surface area contributed by atoms with Crippen LogP contribution in [0.5, 0.6) is 11.5 Å². The van der Waals surface area contributed by atoms with Crippen molar-refractivity contribution in [3.05, 3.63) is 53.6 Å². The van der Waals surface area contributed by atoms with Crippen molar-refractivity contribution in [2.24, 2.45) is 0 Å². The van der Waals surface area contributed by atoms with Crippen LogP contribution < -0.4 is 13.8 Å². The van der Waals surface area contributed by atoms with E-state index in [0.29, 0.717) is 31.7 Å². The molecule has 0 unspecified atom stereocenters. The van der Waals surface area contributed by atoms with Crippen molar-refractivity contribution in [3.63, 3.8) is 0 Å². The largest absolute Gasteiger partial charge is 0.506 e. The van der Waals surface area contributed by atoms with Gasteiger partial charge in [0.25, 0.3) is 5.91 Å². The van der Waals surface area contributed by atoms with Crippen molar-refractivity contribution in [2.75, 3.05) is 23.9 Å². The van der Waals surface area contributed by atoms with Crippen molar-refractivity contribution in [3.8, 4) is 11.5 Å². The normalized spacial score (nSPS) is 14.9. The number of benzene rings is 2. The quantitative estimate of drug-likeness (QED) is 0.672. The average Bonchev–Trinajstić information content (AvgIpc) is 3.00. The van der Waals surface area contributed by atoms with Gasteiger partial charge in [-0.25, -0.2) is 13.8 Å². The van der Waals surface area contributed by atoms with Gasteiger partial charge in [-0.05, 0) is 56.0 Å². The van der Waals surface area contributed by atoms with Crippen molar-refractivity contribution >= 4 is 27.9 Å². The highest BCUT2D eigenvalue weighted by atomic mass is 32.2. The molecule has 166 valence electrons. The predicted molar refractivity (Wildman–Crippen MR) is 115 cm³/mol. The van der Waals surface area contributed by atoms with E-state index in [9.17, 15) is 23.1 Å². The second-order valence-corrected chi connectivity index (χ2v) is 8.60. The van der Waals surface area contributed by atoms with Crippen LogP contribution in [-0.4, -0.2) is 50.1 Å². The fraction of sp³-hybridized carbons (Fsp3) is 0.333. The first-order valence-electron chi connectivity index (χ1n) is 9.95.